The third-order valence-corrected chi connectivity index (χ3v) is 2.52. The summed E-state index contributed by atoms with van der Waals surface area (Å²) >= 11 is 0. The smallest absolute Gasteiger partial charge is 0.407 e. The maximum Gasteiger partial charge on any atom is 0.407 e. The zero-order valence-corrected chi connectivity index (χ0v) is 13.5. The van der Waals surface area contributed by atoms with Crippen LogP contribution in [-0.2, 0) is 14.3 Å². The van der Waals surface area contributed by atoms with Gasteiger partial charge in [-0.2, -0.15) is 0 Å². The Hall–Kier alpha value is -1.56. The number of alkyl carbamates (subject to hydrolysis) is 1. The average Bonchev–Trinajstić information content (AvgIpc) is 2.34. The molecule has 0 spiro atoms. The summed E-state index contributed by atoms with van der Waals surface area (Å²) in [6, 6.07) is -0.518. The largest absolute Gasteiger partial charge is 0.463 e. The highest BCUT2D eigenvalue weighted by molar-refractivity contribution is 5.81. The SMILES string of the molecule is CCOC(=O)/C=C/C[C@H](NC(=O)OC(C)(C)C)[C@H](O)CC. The van der Waals surface area contributed by atoms with Gasteiger partial charge in [-0.15, -0.1) is 0 Å². The van der Waals surface area contributed by atoms with Gasteiger partial charge in [-0.3, -0.25) is 0 Å². The maximum atomic E-state index is 11.7. The Balaban J connectivity index is 4.53. The standard InChI is InChI=1S/C15H27NO5/c1-6-12(17)11(9-8-10-13(18)20-7-2)16-14(19)21-15(3,4)5/h8,10-12,17H,6-7,9H2,1-5H3,(H,16,19)/b10-8+/t11-,12+/m0/s1. The van der Waals surface area contributed by atoms with Crippen LogP contribution in [0.15, 0.2) is 12.2 Å². The lowest BCUT2D eigenvalue weighted by atomic mass is 10.1. The number of nitrogens with one attached hydrogen (secondary N) is 1. The van der Waals surface area contributed by atoms with Crippen LogP contribution in [0, 0.1) is 0 Å². The van der Waals surface area contributed by atoms with Crippen molar-refractivity contribution in [3.8, 4) is 0 Å². The van der Waals surface area contributed by atoms with Crippen molar-refractivity contribution in [1.29, 1.82) is 0 Å². The predicted octanol–water partition coefficient (Wildman–Crippen LogP) is 2.16. The zero-order chi connectivity index (χ0) is 16.5. The normalized spacial score (nSPS) is 14.6. The maximum absolute atomic E-state index is 11.7. The fourth-order valence-electron chi connectivity index (χ4n) is 1.56. The van der Waals surface area contributed by atoms with Gasteiger partial charge in [-0.25, -0.2) is 9.59 Å². The minimum Gasteiger partial charge on any atom is -0.463 e. The number of esters is 1. The molecule has 0 radical (unpaired) electrons. The molecule has 0 bridgehead atoms. The summed E-state index contributed by atoms with van der Waals surface area (Å²) in [5.41, 5.74) is -0.605. The van der Waals surface area contributed by atoms with Crippen LogP contribution in [0.1, 0.15) is 47.5 Å². The van der Waals surface area contributed by atoms with Crippen molar-refractivity contribution in [3.63, 3.8) is 0 Å². The quantitative estimate of drug-likeness (QED) is 0.556. The van der Waals surface area contributed by atoms with Crippen LogP contribution in [0.4, 0.5) is 4.79 Å². The van der Waals surface area contributed by atoms with Crippen molar-refractivity contribution < 1.29 is 24.2 Å². The molecule has 0 rings (SSSR count). The Kier molecular flexibility index (Phi) is 8.69. The van der Waals surface area contributed by atoms with Crippen LogP contribution in [-0.4, -0.2) is 41.5 Å². The fraction of sp³-hybridized carbons (Fsp3) is 0.733. The molecule has 6 heteroatoms. The monoisotopic (exact) mass is 301 g/mol. The van der Waals surface area contributed by atoms with E-state index in [4.69, 9.17) is 9.47 Å². The molecule has 2 N–H and O–H groups in total. The lowest BCUT2D eigenvalue weighted by Crippen LogP contribution is -2.45. The van der Waals surface area contributed by atoms with Gasteiger partial charge in [0.25, 0.3) is 0 Å². The number of aliphatic hydroxyl groups is 1. The molecule has 0 aliphatic rings. The molecule has 0 aromatic carbocycles. The second-order valence-electron chi connectivity index (χ2n) is 5.62. The van der Waals surface area contributed by atoms with Crippen LogP contribution < -0.4 is 5.32 Å². The first-order valence-corrected chi connectivity index (χ1v) is 7.20. The molecule has 0 aromatic heterocycles. The van der Waals surface area contributed by atoms with Crippen molar-refractivity contribution in [2.75, 3.05) is 6.61 Å². The summed E-state index contributed by atoms with van der Waals surface area (Å²) < 4.78 is 9.91. The first-order chi connectivity index (χ1) is 9.69. The third kappa shape index (κ3) is 9.90. The van der Waals surface area contributed by atoms with Gasteiger partial charge in [-0.1, -0.05) is 13.0 Å². The van der Waals surface area contributed by atoms with Crippen LogP contribution >= 0.6 is 0 Å². The van der Waals surface area contributed by atoms with E-state index in [1.165, 1.54) is 6.08 Å². The lowest BCUT2D eigenvalue weighted by molar-refractivity contribution is -0.137. The summed E-state index contributed by atoms with van der Waals surface area (Å²) in [4.78, 5) is 22.9. The molecular weight excluding hydrogens is 274 g/mol. The molecule has 2 atom stereocenters. The van der Waals surface area contributed by atoms with E-state index in [2.05, 4.69) is 5.32 Å². The van der Waals surface area contributed by atoms with Gasteiger partial charge in [0.15, 0.2) is 0 Å². The van der Waals surface area contributed by atoms with Gasteiger partial charge in [0, 0.05) is 6.08 Å². The van der Waals surface area contributed by atoms with Crippen molar-refractivity contribution in [2.45, 2.75) is 65.2 Å². The Morgan fingerprint density at radius 3 is 2.38 bits per heavy atom. The summed E-state index contributed by atoms with van der Waals surface area (Å²) in [6.45, 7) is 9.12. The van der Waals surface area contributed by atoms with E-state index >= 15 is 0 Å². The van der Waals surface area contributed by atoms with E-state index in [9.17, 15) is 14.7 Å². The molecule has 122 valence electrons. The molecule has 21 heavy (non-hydrogen) atoms. The van der Waals surface area contributed by atoms with Gasteiger partial charge < -0.3 is 19.9 Å². The minimum atomic E-state index is -0.718. The van der Waals surface area contributed by atoms with E-state index in [1.54, 1.807) is 33.8 Å². The molecule has 0 unspecified atom stereocenters. The highest BCUT2D eigenvalue weighted by Crippen LogP contribution is 2.09. The van der Waals surface area contributed by atoms with Crippen LogP contribution in [0.5, 0.6) is 0 Å². The van der Waals surface area contributed by atoms with Gasteiger partial charge in [0.05, 0.1) is 18.8 Å². The van der Waals surface area contributed by atoms with E-state index in [0.29, 0.717) is 19.4 Å². The number of hydrogen-bond acceptors (Lipinski definition) is 5. The van der Waals surface area contributed by atoms with Gasteiger partial charge in [0.1, 0.15) is 5.60 Å². The molecule has 0 aliphatic heterocycles. The molecule has 0 saturated heterocycles. The van der Waals surface area contributed by atoms with Crippen molar-refractivity contribution in [2.24, 2.45) is 0 Å². The van der Waals surface area contributed by atoms with Crippen molar-refractivity contribution >= 4 is 12.1 Å². The van der Waals surface area contributed by atoms with Crippen molar-refractivity contribution in [3.05, 3.63) is 12.2 Å². The summed E-state index contributed by atoms with van der Waals surface area (Å²) in [5.74, 6) is -0.445. The Morgan fingerprint density at radius 2 is 1.90 bits per heavy atom. The number of ether oxygens (including phenoxy) is 2. The second-order valence-corrected chi connectivity index (χ2v) is 5.62. The van der Waals surface area contributed by atoms with E-state index in [-0.39, 0.29) is 0 Å². The first kappa shape index (κ1) is 19.4. The fourth-order valence-corrected chi connectivity index (χ4v) is 1.56. The Morgan fingerprint density at radius 1 is 1.29 bits per heavy atom. The van der Waals surface area contributed by atoms with Gasteiger partial charge in [-0.05, 0) is 40.5 Å². The van der Waals surface area contributed by atoms with E-state index < -0.39 is 29.8 Å². The number of amides is 1. The van der Waals surface area contributed by atoms with Crippen molar-refractivity contribution in [1.82, 2.24) is 5.32 Å². The molecule has 1 amide bonds. The molecule has 0 heterocycles. The van der Waals surface area contributed by atoms with Crippen LogP contribution in [0.3, 0.4) is 0 Å². The summed E-state index contributed by atoms with van der Waals surface area (Å²) in [6.07, 6.45) is 2.34. The highest BCUT2D eigenvalue weighted by atomic mass is 16.6. The van der Waals surface area contributed by atoms with Crippen LogP contribution in [0.2, 0.25) is 0 Å². The number of rotatable bonds is 7. The van der Waals surface area contributed by atoms with Gasteiger partial charge in [0.2, 0.25) is 0 Å². The lowest BCUT2D eigenvalue weighted by Gasteiger charge is -2.25. The summed E-state index contributed by atoms with van der Waals surface area (Å²) in [5, 5.41) is 12.5. The number of hydrogen-bond donors (Lipinski definition) is 2. The van der Waals surface area contributed by atoms with E-state index in [1.807, 2.05) is 6.92 Å². The number of carbonyl (C=O) groups is 2. The Bertz CT molecular complexity index is 360. The topological polar surface area (TPSA) is 84.9 Å². The number of aliphatic hydroxyl groups excluding tert-OH is 1. The minimum absolute atomic E-state index is 0.306. The average molecular weight is 301 g/mol. The second kappa shape index (κ2) is 9.39. The zero-order valence-electron chi connectivity index (χ0n) is 13.5. The number of carbonyl (C=O) groups excluding carboxylic acids is 2. The summed E-state index contributed by atoms with van der Waals surface area (Å²) in [7, 11) is 0. The predicted molar refractivity (Wildman–Crippen MR) is 79.8 cm³/mol. The molecule has 0 aromatic rings. The van der Waals surface area contributed by atoms with E-state index in [0.717, 1.165) is 0 Å². The molecule has 0 saturated carbocycles. The third-order valence-electron chi connectivity index (χ3n) is 2.52. The van der Waals surface area contributed by atoms with Crippen LogP contribution in [0.25, 0.3) is 0 Å². The highest BCUT2D eigenvalue weighted by Gasteiger charge is 2.22. The molecule has 0 fully saturated rings. The molecule has 6 nitrogen and oxygen atoms in total. The molecule has 0 aliphatic carbocycles. The van der Waals surface area contributed by atoms with Gasteiger partial charge >= 0.3 is 12.1 Å². The molecular formula is C15H27NO5. The first-order valence-electron chi connectivity index (χ1n) is 7.20. The Labute approximate surface area is 126 Å².